The van der Waals surface area contributed by atoms with Crippen molar-refractivity contribution in [2.24, 2.45) is 0 Å². The normalized spacial score (nSPS) is 11.2. The van der Waals surface area contributed by atoms with Crippen LogP contribution >= 0.6 is 0 Å². The fourth-order valence-corrected chi connectivity index (χ4v) is 1.21. The third-order valence-corrected chi connectivity index (χ3v) is 2.04. The molecule has 0 spiro atoms. The Balaban J connectivity index is 2.20. The summed E-state index contributed by atoms with van der Waals surface area (Å²) in [6.07, 6.45) is 1.26. The Hall–Kier alpha value is -1.45. The molecule has 88 valence electrons. The summed E-state index contributed by atoms with van der Waals surface area (Å²) >= 11 is 0. The largest absolute Gasteiger partial charge is 0.461 e. The molecule has 1 aromatic carbocycles. The molecule has 0 saturated carbocycles. The van der Waals surface area contributed by atoms with Gasteiger partial charge in [-0.1, -0.05) is 30.3 Å². The third-order valence-electron chi connectivity index (χ3n) is 2.04. The zero-order chi connectivity index (χ0) is 12.0. The molecule has 0 aliphatic rings. The molecule has 0 amide bonds. The number of hydrogen-bond acceptors (Lipinski definition) is 2. The van der Waals surface area contributed by atoms with Crippen LogP contribution in [-0.4, -0.2) is 18.5 Å². The molecular weight excluding hydrogens is 214 g/mol. The summed E-state index contributed by atoms with van der Waals surface area (Å²) < 4.78 is 29.2. The quantitative estimate of drug-likeness (QED) is 0.572. The Morgan fingerprint density at radius 2 is 1.94 bits per heavy atom. The van der Waals surface area contributed by atoms with Crippen LogP contribution in [0.1, 0.15) is 18.9 Å². The zero-order valence-corrected chi connectivity index (χ0v) is 9.08. The van der Waals surface area contributed by atoms with Crippen molar-refractivity contribution in [2.45, 2.75) is 25.7 Å². The molecule has 0 N–H and O–H groups in total. The minimum absolute atomic E-state index is 0.0250. The van der Waals surface area contributed by atoms with Crippen LogP contribution in [-0.2, 0) is 16.0 Å². The van der Waals surface area contributed by atoms with E-state index in [-0.39, 0.29) is 6.61 Å². The Morgan fingerprint density at radius 1 is 1.31 bits per heavy atom. The van der Waals surface area contributed by atoms with Gasteiger partial charge in [-0.2, -0.15) is 8.78 Å². The van der Waals surface area contributed by atoms with E-state index in [1.54, 1.807) is 0 Å². The molecule has 0 radical (unpaired) electrons. The summed E-state index contributed by atoms with van der Waals surface area (Å²) in [6, 6.07) is 9.59. The van der Waals surface area contributed by atoms with E-state index in [0.29, 0.717) is 19.8 Å². The summed E-state index contributed by atoms with van der Waals surface area (Å²) in [5.74, 6) is -4.85. The maximum Gasteiger partial charge on any atom is 0.376 e. The predicted molar refractivity (Wildman–Crippen MR) is 56.3 cm³/mol. The number of halogens is 2. The van der Waals surface area contributed by atoms with Crippen LogP contribution in [0.2, 0.25) is 0 Å². The fraction of sp³-hybridized carbons (Fsp3) is 0.417. The van der Waals surface area contributed by atoms with E-state index in [0.717, 1.165) is 5.56 Å². The number of benzene rings is 1. The fourth-order valence-electron chi connectivity index (χ4n) is 1.21. The molecule has 0 aliphatic heterocycles. The van der Waals surface area contributed by atoms with Crippen LogP contribution in [0, 0.1) is 0 Å². The zero-order valence-electron chi connectivity index (χ0n) is 9.08. The molecule has 0 saturated heterocycles. The van der Waals surface area contributed by atoms with E-state index in [2.05, 4.69) is 4.74 Å². The van der Waals surface area contributed by atoms with Crippen LogP contribution in [0.3, 0.4) is 0 Å². The highest BCUT2D eigenvalue weighted by atomic mass is 19.3. The van der Waals surface area contributed by atoms with Gasteiger partial charge in [-0.3, -0.25) is 0 Å². The first-order valence-corrected chi connectivity index (χ1v) is 5.09. The highest BCUT2D eigenvalue weighted by Crippen LogP contribution is 2.13. The van der Waals surface area contributed by atoms with Crippen molar-refractivity contribution in [2.75, 3.05) is 6.61 Å². The molecule has 16 heavy (non-hydrogen) atoms. The number of carbonyl (C=O) groups excluding carboxylic acids is 1. The van der Waals surface area contributed by atoms with Gasteiger partial charge in [0.25, 0.3) is 0 Å². The van der Waals surface area contributed by atoms with Crippen molar-refractivity contribution in [1.29, 1.82) is 0 Å². The van der Waals surface area contributed by atoms with E-state index in [4.69, 9.17) is 0 Å². The molecule has 0 aliphatic carbocycles. The first-order valence-electron chi connectivity index (χ1n) is 5.09. The number of ether oxygens (including phenoxy) is 1. The van der Waals surface area contributed by atoms with Crippen molar-refractivity contribution in [3.8, 4) is 0 Å². The van der Waals surface area contributed by atoms with Gasteiger partial charge in [0, 0.05) is 6.92 Å². The van der Waals surface area contributed by atoms with Gasteiger partial charge in [-0.25, -0.2) is 4.79 Å². The van der Waals surface area contributed by atoms with E-state index in [1.807, 2.05) is 30.3 Å². The second kappa shape index (κ2) is 5.58. The molecule has 2 nitrogen and oxygen atoms in total. The van der Waals surface area contributed by atoms with Crippen LogP contribution in [0.5, 0.6) is 0 Å². The molecule has 1 aromatic rings. The van der Waals surface area contributed by atoms with E-state index in [9.17, 15) is 13.6 Å². The lowest BCUT2D eigenvalue weighted by Crippen LogP contribution is -2.27. The van der Waals surface area contributed by atoms with Crippen LogP contribution in [0.25, 0.3) is 0 Å². The highest BCUT2D eigenvalue weighted by molar-refractivity contribution is 5.76. The Morgan fingerprint density at radius 3 is 2.50 bits per heavy atom. The molecule has 4 heteroatoms. The summed E-state index contributed by atoms with van der Waals surface area (Å²) in [5.41, 5.74) is 1.10. The Bertz CT molecular complexity index is 331. The maximum absolute atomic E-state index is 12.4. The number of hydrogen-bond donors (Lipinski definition) is 0. The second-order valence-corrected chi connectivity index (χ2v) is 3.61. The van der Waals surface area contributed by atoms with Gasteiger partial charge in [0.15, 0.2) is 0 Å². The summed E-state index contributed by atoms with van der Waals surface area (Å²) in [7, 11) is 0. The Kier molecular flexibility index (Phi) is 4.40. The van der Waals surface area contributed by atoms with Gasteiger partial charge in [0.2, 0.25) is 0 Å². The number of carbonyl (C=O) groups is 1. The van der Waals surface area contributed by atoms with Crippen LogP contribution in [0.4, 0.5) is 8.78 Å². The predicted octanol–water partition coefficient (Wildman–Crippen LogP) is 2.82. The second-order valence-electron chi connectivity index (χ2n) is 3.61. The van der Waals surface area contributed by atoms with Gasteiger partial charge < -0.3 is 4.74 Å². The van der Waals surface area contributed by atoms with Crippen LogP contribution < -0.4 is 0 Å². The average Bonchev–Trinajstić information content (AvgIpc) is 2.24. The maximum atomic E-state index is 12.4. The minimum atomic E-state index is -3.40. The summed E-state index contributed by atoms with van der Waals surface area (Å²) in [6.45, 7) is 0.559. The number of esters is 1. The smallest absolute Gasteiger partial charge is 0.376 e. The standard InChI is InChI=1S/C12H14F2O2/c1-12(13,14)11(15)16-9-5-8-10-6-3-2-4-7-10/h2-4,6-7H,5,8-9H2,1H3. The molecule has 1 rings (SSSR count). The number of alkyl halides is 2. The summed E-state index contributed by atoms with van der Waals surface area (Å²) in [5, 5.41) is 0. The van der Waals surface area contributed by atoms with Gasteiger partial charge >= 0.3 is 11.9 Å². The molecule has 0 unspecified atom stereocenters. The highest BCUT2D eigenvalue weighted by Gasteiger charge is 2.33. The SMILES string of the molecule is CC(F)(F)C(=O)OCCCc1ccccc1. The van der Waals surface area contributed by atoms with E-state index in [1.165, 1.54) is 0 Å². The van der Waals surface area contributed by atoms with E-state index >= 15 is 0 Å². The van der Waals surface area contributed by atoms with Crippen LogP contribution in [0.15, 0.2) is 30.3 Å². The molecule has 0 bridgehead atoms. The molecule has 0 atom stereocenters. The lowest BCUT2D eigenvalue weighted by molar-refractivity contribution is -0.169. The molecule has 0 fully saturated rings. The van der Waals surface area contributed by atoms with E-state index < -0.39 is 11.9 Å². The first kappa shape index (κ1) is 12.6. The van der Waals surface area contributed by atoms with Crippen molar-refractivity contribution >= 4 is 5.97 Å². The lowest BCUT2D eigenvalue weighted by Gasteiger charge is -2.09. The molecule has 0 heterocycles. The first-order chi connectivity index (χ1) is 7.50. The van der Waals surface area contributed by atoms with Gasteiger partial charge in [-0.15, -0.1) is 0 Å². The number of aryl methyl sites for hydroxylation is 1. The monoisotopic (exact) mass is 228 g/mol. The van der Waals surface area contributed by atoms with Gasteiger partial charge in [0.05, 0.1) is 6.61 Å². The minimum Gasteiger partial charge on any atom is -0.461 e. The van der Waals surface area contributed by atoms with Gasteiger partial charge in [0.1, 0.15) is 0 Å². The Labute approximate surface area is 93.2 Å². The van der Waals surface area contributed by atoms with Crippen molar-refractivity contribution in [3.05, 3.63) is 35.9 Å². The topological polar surface area (TPSA) is 26.3 Å². The average molecular weight is 228 g/mol. The van der Waals surface area contributed by atoms with Crippen molar-refractivity contribution in [3.63, 3.8) is 0 Å². The third kappa shape index (κ3) is 4.38. The summed E-state index contributed by atoms with van der Waals surface area (Å²) in [4.78, 5) is 10.7. The number of rotatable bonds is 5. The van der Waals surface area contributed by atoms with Crippen molar-refractivity contribution in [1.82, 2.24) is 0 Å². The molecule has 0 aromatic heterocycles. The van der Waals surface area contributed by atoms with Gasteiger partial charge in [-0.05, 0) is 18.4 Å². The lowest BCUT2D eigenvalue weighted by atomic mass is 10.1. The molecular formula is C12H14F2O2. The van der Waals surface area contributed by atoms with Crippen molar-refractivity contribution < 1.29 is 18.3 Å².